The van der Waals surface area contributed by atoms with E-state index in [0.717, 1.165) is 13.1 Å². The summed E-state index contributed by atoms with van der Waals surface area (Å²) >= 11 is 0. The molecule has 1 heterocycles. The Morgan fingerprint density at radius 1 is 1.17 bits per heavy atom. The summed E-state index contributed by atoms with van der Waals surface area (Å²) in [5.41, 5.74) is 1.40. The molecule has 1 aliphatic rings. The van der Waals surface area contributed by atoms with Crippen LogP contribution in [0.1, 0.15) is 24.8 Å². The van der Waals surface area contributed by atoms with Gasteiger partial charge in [-0.3, -0.25) is 0 Å². The van der Waals surface area contributed by atoms with Crippen molar-refractivity contribution in [2.75, 3.05) is 20.1 Å². The average molecular weight is 291 g/mol. The van der Waals surface area contributed by atoms with E-state index in [0.29, 0.717) is 6.04 Å². The highest BCUT2D eigenvalue weighted by Crippen LogP contribution is 2.09. The van der Waals surface area contributed by atoms with Gasteiger partial charge in [0.25, 0.3) is 0 Å². The number of hydrogen-bond acceptors (Lipinski definition) is 2. The van der Waals surface area contributed by atoms with Gasteiger partial charge < -0.3 is 10.2 Å². The smallest absolute Gasteiger partial charge is 0.0231 e. The van der Waals surface area contributed by atoms with E-state index < -0.39 is 0 Å². The van der Waals surface area contributed by atoms with Crippen molar-refractivity contribution in [3.63, 3.8) is 0 Å². The summed E-state index contributed by atoms with van der Waals surface area (Å²) in [7, 11) is 2.21. The van der Waals surface area contributed by atoms with Crippen molar-refractivity contribution in [3.8, 4) is 0 Å². The molecule has 1 saturated heterocycles. The topological polar surface area (TPSA) is 15.3 Å². The van der Waals surface area contributed by atoms with E-state index in [4.69, 9.17) is 0 Å². The van der Waals surface area contributed by atoms with Crippen LogP contribution in [0.2, 0.25) is 0 Å². The zero-order valence-electron chi connectivity index (χ0n) is 11.0. The van der Waals surface area contributed by atoms with Gasteiger partial charge in [-0.1, -0.05) is 36.8 Å². The first kappa shape index (κ1) is 17.7. The van der Waals surface area contributed by atoms with Gasteiger partial charge in [0.1, 0.15) is 0 Å². The SMILES string of the molecule is CN(Cc1ccccc1)CC1CCCCN1.Cl.Cl. The Kier molecular flexibility index (Phi) is 9.47. The van der Waals surface area contributed by atoms with E-state index in [1.807, 2.05) is 0 Å². The molecule has 1 N–H and O–H groups in total. The Labute approximate surface area is 123 Å². The predicted molar refractivity (Wildman–Crippen MR) is 82.9 cm³/mol. The molecule has 0 aromatic heterocycles. The first-order chi connectivity index (χ1) is 7.84. The van der Waals surface area contributed by atoms with Crippen molar-refractivity contribution in [3.05, 3.63) is 35.9 Å². The number of rotatable bonds is 4. The Balaban J connectivity index is 0.00000144. The molecule has 1 unspecified atom stereocenters. The third-order valence-corrected chi connectivity index (χ3v) is 3.24. The second-order valence-electron chi connectivity index (χ2n) is 4.83. The van der Waals surface area contributed by atoms with Crippen LogP contribution in [0.25, 0.3) is 0 Å². The summed E-state index contributed by atoms with van der Waals surface area (Å²) in [5.74, 6) is 0. The van der Waals surface area contributed by atoms with E-state index in [-0.39, 0.29) is 24.8 Å². The van der Waals surface area contributed by atoms with E-state index in [1.54, 1.807) is 0 Å². The lowest BCUT2D eigenvalue weighted by Gasteiger charge is -2.28. The van der Waals surface area contributed by atoms with Crippen LogP contribution in [0.3, 0.4) is 0 Å². The molecule has 104 valence electrons. The van der Waals surface area contributed by atoms with Gasteiger partial charge in [-0.25, -0.2) is 0 Å². The van der Waals surface area contributed by atoms with Crippen LogP contribution < -0.4 is 5.32 Å². The van der Waals surface area contributed by atoms with Crippen LogP contribution in [-0.4, -0.2) is 31.1 Å². The van der Waals surface area contributed by atoms with Gasteiger partial charge in [0.15, 0.2) is 0 Å². The van der Waals surface area contributed by atoms with E-state index in [1.165, 1.54) is 31.4 Å². The molecule has 1 fully saturated rings. The quantitative estimate of drug-likeness (QED) is 0.917. The molecule has 18 heavy (non-hydrogen) atoms. The predicted octanol–water partition coefficient (Wildman–Crippen LogP) is 3.10. The van der Waals surface area contributed by atoms with E-state index in [9.17, 15) is 0 Å². The highest BCUT2D eigenvalue weighted by molar-refractivity contribution is 5.85. The van der Waals surface area contributed by atoms with Crippen molar-refractivity contribution in [1.29, 1.82) is 0 Å². The molecule has 1 atom stereocenters. The molecule has 4 heteroatoms. The second-order valence-corrected chi connectivity index (χ2v) is 4.83. The fraction of sp³-hybridized carbons (Fsp3) is 0.571. The molecule has 2 nitrogen and oxygen atoms in total. The molecule has 0 saturated carbocycles. The lowest BCUT2D eigenvalue weighted by molar-refractivity contribution is 0.256. The van der Waals surface area contributed by atoms with Crippen molar-refractivity contribution in [2.45, 2.75) is 31.8 Å². The largest absolute Gasteiger partial charge is 0.313 e. The number of halogens is 2. The van der Waals surface area contributed by atoms with E-state index >= 15 is 0 Å². The van der Waals surface area contributed by atoms with Crippen LogP contribution in [0.15, 0.2) is 30.3 Å². The molecule has 1 aromatic rings. The minimum absolute atomic E-state index is 0. The first-order valence-electron chi connectivity index (χ1n) is 6.30. The Hall–Kier alpha value is -0.280. The molecule has 1 aliphatic heterocycles. The van der Waals surface area contributed by atoms with Gasteiger partial charge in [-0.15, -0.1) is 24.8 Å². The van der Waals surface area contributed by atoms with Crippen LogP contribution in [0.5, 0.6) is 0 Å². The van der Waals surface area contributed by atoms with Crippen molar-refractivity contribution >= 4 is 24.8 Å². The zero-order chi connectivity index (χ0) is 11.2. The van der Waals surface area contributed by atoms with Crippen LogP contribution in [0, 0.1) is 0 Å². The minimum Gasteiger partial charge on any atom is -0.313 e. The molecular weight excluding hydrogens is 267 g/mol. The second kappa shape index (κ2) is 9.62. The Morgan fingerprint density at radius 3 is 2.50 bits per heavy atom. The zero-order valence-corrected chi connectivity index (χ0v) is 12.6. The van der Waals surface area contributed by atoms with Crippen molar-refractivity contribution in [1.82, 2.24) is 10.2 Å². The summed E-state index contributed by atoms with van der Waals surface area (Å²) in [6, 6.07) is 11.4. The van der Waals surface area contributed by atoms with Gasteiger partial charge >= 0.3 is 0 Å². The molecule has 1 aromatic carbocycles. The number of likely N-dealkylation sites (N-methyl/N-ethyl adjacent to an activating group) is 1. The van der Waals surface area contributed by atoms with Crippen LogP contribution >= 0.6 is 24.8 Å². The minimum atomic E-state index is 0. The first-order valence-corrected chi connectivity index (χ1v) is 6.30. The van der Waals surface area contributed by atoms with Gasteiger partial charge in [-0.05, 0) is 32.0 Å². The normalized spacial score (nSPS) is 18.9. The lowest BCUT2D eigenvalue weighted by Crippen LogP contribution is -2.42. The highest BCUT2D eigenvalue weighted by Gasteiger charge is 2.14. The summed E-state index contributed by atoms with van der Waals surface area (Å²) < 4.78 is 0. The number of piperidine rings is 1. The summed E-state index contributed by atoms with van der Waals surface area (Å²) in [6.07, 6.45) is 4.06. The number of nitrogens with one attached hydrogen (secondary N) is 1. The summed E-state index contributed by atoms with van der Waals surface area (Å²) in [4.78, 5) is 2.42. The van der Waals surface area contributed by atoms with Gasteiger partial charge in [0.05, 0.1) is 0 Å². The molecule has 0 radical (unpaired) electrons. The van der Waals surface area contributed by atoms with Crippen molar-refractivity contribution in [2.24, 2.45) is 0 Å². The molecule has 0 aliphatic carbocycles. The maximum absolute atomic E-state index is 3.59. The van der Waals surface area contributed by atoms with Gasteiger partial charge in [-0.2, -0.15) is 0 Å². The molecule has 0 bridgehead atoms. The maximum Gasteiger partial charge on any atom is 0.0231 e. The lowest BCUT2D eigenvalue weighted by atomic mass is 10.0. The monoisotopic (exact) mass is 290 g/mol. The molecule has 0 amide bonds. The maximum atomic E-state index is 3.59. The van der Waals surface area contributed by atoms with Gasteiger partial charge in [0.2, 0.25) is 0 Å². The number of hydrogen-bond donors (Lipinski definition) is 1. The van der Waals surface area contributed by atoms with E-state index in [2.05, 4.69) is 47.6 Å². The molecular formula is C14H24Cl2N2. The fourth-order valence-corrected chi connectivity index (χ4v) is 2.42. The standard InChI is InChI=1S/C14H22N2.2ClH/c1-16(11-13-7-3-2-4-8-13)12-14-9-5-6-10-15-14;;/h2-4,7-8,14-15H,5-6,9-12H2,1H3;2*1H. The number of benzene rings is 1. The fourth-order valence-electron chi connectivity index (χ4n) is 2.42. The molecule has 2 rings (SSSR count). The highest BCUT2D eigenvalue weighted by atomic mass is 35.5. The van der Waals surface area contributed by atoms with Crippen molar-refractivity contribution < 1.29 is 0 Å². The van der Waals surface area contributed by atoms with Crippen LogP contribution in [-0.2, 0) is 6.54 Å². The van der Waals surface area contributed by atoms with Gasteiger partial charge in [0, 0.05) is 19.1 Å². The third kappa shape index (κ3) is 6.05. The average Bonchev–Trinajstić information content (AvgIpc) is 2.31. The third-order valence-electron chi connectivity index (χ3n) is 3.24. The van der Waals surface area contributed by atoms with Crippen LogP contribution in [0.4, 0.5) is 0 Å². The number of nitrogens with zero attached hydrogens (tertiary/aromatic N) is 1. The Bertz CT molecular complexity index is 300. The molecule has 0 spiro atoms. The summed E-state index contributed by atoms with van der Waals surface area (Å²) in [5, 5.41) is 3.59. The Morgan fingerprint density at radius 2 is 1.89 bits per heavy atom. The summed E-state index contributed by atoms with van der Waals surface area (Å²) in [6.45, 7) is 3.41.